The van der Waals surface area contributed by atoms with Crippen LogP contribution in [0.25, 0.3) is 0 Å². The van der Waals surface area contributed by atoms with E-state index in [1.807, 2.05) is 12.3 Å². The fourth-order valence-corrected chi connectivity index (χ4v) is 1.82. The predicted molar refractivity (Wildman–Crippen MR) is 67.9 cm³/mol. The van der Waals surface area contributed by atoms with Gasteiger partial charge in [0.05, 0.1) is 0 Å². The summed E-state index contributed by atoms with van der Waals surface area (Å²) >= 11 is 7.01. The highest BCUT2D eigenvalue weighted by Gasteiger charge is 2.01. The molecule has 0 radical (unpaired) electrons. The molecule has 0 saturated carbocycles. The van der Waals surface area contributed by atoms with Gasteiger partial charge in [0.1, 0.15) is 0 Å². The van der Waals surface area contributed by atoms with Gasteiger partial charge in [-0.3, -0.25) is 4.98 Å². The number of nitrogens with zero attached hydrogens (tertiary/aromatic N) is 1. The van der Waals surface area contributed by atoms with E-state index in [2.05, 4.69) is 49.8 Å². The summed E-state index contributed by atoms with van der Waals surface area (Å²) in [5.74, 6) is 0. The second-order valence-electron chi connectivity index (χ2n) is 3.37. The van der Waals surface area contributed by atoms with Gasteiger partial charge in [-0.25, -0.2) is 0 Å². The van der Waals surface area contributed by atoms with E-state index in [9.17, 15) is 0 Å². The Morgan fingerprint density at radius 3 is 2.79 bits per heavy atom. The first-order valence-corrected chi connectivity index (χ1v) is 6.67. The Morgan fingerprint density at radius 2 is 2.21 bits per heavy atom. The van der Waals surface area contributed by atoms with Crippen LogP contribution in [-0.2, 0) is 6.42 Å². The molecule has 0 saturated heterocycles. The largest absolute Gasteiger partial charge is 0.260 e. The van der Waals surface area contributed by atoms with Gasteiger partial charge in [-0.2, -0.15) is 0 Å². The van der Waals surface area contributed by atoms with Crippen molar-refractivity contribution in [2.75, 3.05) is 0 Å². The summed E-state index contributed by atoms with van der Waals surface area (Å²) in [6.07, 6.45) is 6.58. The van der Waals surface area contributed by atoms with Crippen LogP contribution in [0.2, 0.25) is 0 Å². The summed E-state index contributed by atoms with van der Waals surface area (Å²) in [5, 5.41) is 0. The van der Waals surface area contributed by atoms with Crippen molar-refractivity contribution < 1.29 is 0 Å². The maximum absolute atomic E-state index is 4.34. The molecule has 0 fully saturated rings. The maximum atomic E-state index is 4.34. The number of hydrogen-bond donors (Lipinski definition) is 0. The van der Waals surface area contributed by atoms with Gasteiger partial charge in [0, 0.05) is 21.2 Å². The van der Waals surface area contributed by atoms with Gasteiger partial charge >= 0.3 is 0 Å². The fourth-order valence-electron chi connectivity index (χ4n) is 1.26. The van der Waals surface area contributed by atoms with E-state index in [-0.39, 0.29) is 0 Å². The van der Waals surface area contributed by atoms with Crippen molar-refractivity contribution in [2.45, 2.75) is 37.4 Å². The molecule has 0 bridgehead atoms. The molecule has 14 heavy (non-hydrogen) atoms. The molecule has 0 aromatic carbocycles. The lowest BCUT2D eigenvalue weighted by Gasteiger charge is -2.05. The topological polar surface area (TPSA) is 12.9 Å². The summed E-state index contributed by atoms with van der Waals surface area (Å²) in [7, 11) is 0. The first-order valence-electron chi connectivity index (χ1n) is 4.97. The van der Waals surface area contributed by atoms with Crippen molar-refractivity contribution in [3.05, 3.63) is 28.5 Å². The lowest BCUT2D eigenvalue weighted by Crippen LogP contribution is -1.97. The van der Waals surface area contributed by atoms with Gasteiger partial charge in [0.15, 0.2) is 0 Å². The molecule has 0 aliphatic rings. The second-order valence-corrected chi connectivity index (χ2v) is 5.58. The smallest absolute Gasteiger partial charge is 0.0413 e. The summed E-state index contributed by atoms with van der Waals surface area (Å²) in [5.41, 5.74) is 1.18. The van der Waals surface area contributed by atoms with Crippen molar-refractivity contribution in [2.24, 2.45) is 0 Å². The van der Waals surface area contributed by atoms with Crippen LogP contribution >= 0.6 is 31.9 Å². The Morgan fingerprint density at radius 1 is 1.43 bits per heavy atom. The number of hydrogen-bond acceptors (Lipinski definition) is 1. The predicted octanol–water partition coefficient (Wildman–Crippen LogP) is 4.34. The highest BCUT2D eigenvalue weighted by molar-refractivity contribution is 9.10. The molecule has 1 aromatic heterocycles. The van der Waals surface area contributed by atoms with Crippen LogP contribution in [0.1, 0.15) is 31.9 Å². The third kappa shape index (κ3) is 4.56. The van der Waals surface area contributed by atoms with Crippen LogP contribution in [0, 0.1) is 0 Å². The first-order chi connectivity index (χ1) is 6.72. The zero-order valence-corrected chi connectivity index (χ0v) is 11.5. The van der Waals surface area contributed by atoms with Gasteiger partial charge in [-0.15, -0.1) is 0 Å². The number of aryl methyl sites for hydroxylation is 1. The monoisotopic (exact) mass is 319 g/mol. The SMILES string of the molecule is CCC(Br)CCCc1ccc(Br)cn1. The minimum absolute atomic E-state index is 0.665. The van der Waals surface area contributed by atoms with Crippen molar-refractivity contribution in [3.8, 4) is 0 Å². The third-order valence-corrected chi connectivity index (χ3v) is 3.76. The van der Waals surface area contributed by atoms with E-state index in [1.165, 1.54) is 25.0 Å². The summed E-state index contributed by atoms with van der Waals surface area (Å²) < 4.78 is 1.05. The van der Waals surface area contributed by atoms with E-state index in [1.54, 1.807) is 0 Å². The van der Waals surface area contributed by atoms with Crippen LogP contribution in [0.3, 0.4) is 0 Å². The van der Waals surface area contributed by atoms with Gasteiger partial charge < -0.3 is 0 Å². The van der Waals surface area contributed by atoms with Crippen molar-refractivity contribution in [1.29, 1.82) is 0 Å². The molecular weight excluding hydrogens is 306 g/mol. The second kappa shape index (κ2) is 6.57. The van der Waals surface area contributed by atoms with E-state index in [4.69, 9.17) is 0 Å². The van der Waals surface area contributed by atoms with Crippen LogP contribution < -0.4 is 0 Å². The standard InChI is InChI=1S/C11H15Br2N/c1-2-9(12)4-3-5-11-7-6-10(13)8-14-11/h6-9H,2-5H2,1H3. The summed E-state index contributed by atoms with van der Waals surface area (Å²) in [4.78, 5) is 5.00. The molecule has 0 aliphatic carbocycles. The number of pyridine rings is 1. The van der Waals surface area contributed by atoms with Gasteiger partial charge in [-0.05, 0) is 53.7 Å². The normalized spacial score (nSPS) is 12.8. The Bertz CT molecular complexity index is 258. The highest BCUT2D eigenvalue weighted by atomic mass is 79.9. The zero-order chi connectivity index (χ0) is 10.4. The van der Waals surface area contributed by atoms with Crippen LogP contribution in [0.4, 0.5) is 0 Å². The van der Waals surface area contributed by atoms with Crippen molar-refractivity contribution in [3.63, 3.8) is 0 Å². The van der Waals surface area contributed by atoms with Crippen molar-refractivity contribution in [1.82, 2.24) is 4.98 Å². The fraction of sp³-hybridized carbons (Fsp3) is 0.545. The maximum Gasteiger partial charge on any atom is 0.0413 e. The van der Waals surface area contributed by atoms with Gasteiger partial charge in [-0.1, -0.05) is 22.9 Å². The minimum atomic E-state index is 0.665. The Balaban J connectivity index is 2.28. The van der Waals surface area contributed by atoms with Crippen LogP contribution in [-0.4, -0.2) is 9.81 Å². The summed E-state index contributed by atoms with van der Waals surface area (Å²) in [6, 6.07) is 4.13. The molecule has 1 unspecified atom stereocenters. The van der Waals surface area contributed by atoms with E-state index in [0.29, 0.717) is 4.83 Å². The Labute approximate surface area is 103 Å². The van der Waals surface area contributed by atoms with Gasteiger partial charge in [0.25, 0.3) is 0 Å². The first kappa shape index (κ1) is 12.2. The minimum Gasteiger partial charge on any atom is -0.260 e. The molecule has 1 atom stereocenters. The van der Waals surface area contributed by atoms with Gasteiger partial charge in [0.2, 0.25) is 0 Å². The number of aromatic nitrogens is 1. The Hall–Kier alpha value is 0.110. The van der Waals surface area contributed by atoms with Crippen LogP contribution in [0.15, 0.2) is 22.8 Å². The molecule has 0 aliphatic heterocycles. The molecule has 1 aromatic rings. The molecule has 1 nitrogen and oxygen atoms in total. The van der Waals surface area contributed by atoms with E-state index in [0.717, 1.165) is 10.9 Å². The van der Waals surface area contributed by atoms with Crippen molar-refractivity contribution >= 4 is 31.9 Å². The number of halogens is 2. The average molecular weight is 321 g/mol. The molecule has 1 heterocycles. The molecule has 1 rings (SSSR count). The zero-order valence-electron chi connectivity index (χ0n) is 8.34. The Kier molecular flexibility index (Phi) is 5.71. The molecule has 0 amide bonds. The molecule has 78 valence electrons. The molecule has 0 spiro atoms. The van der Waals surface area contributed by atoms with E-state index >= 15 is 0 Å². The lowest BCUT2D eigenvalue weighted by atomic mass is 10.1. The highest BCUT2D eigenvalue weighted by Crippen LogP contribution is 2.14. The molecule has 0 N–H and O–H groups in total. The molecule has 3 heteroatoms. The lowest BCUT2D eigenvalue weighted by molar-refractivity contribution is 0.682. The van der Waals surface area contributed by atoms with Crippen LogP contribution in [0.5, 0.6) is 0 Å². The third-order valence-electron chi connectivity index (χ3n) is 2.18. The number of alkyl halides is 1. The molecular formula is C11H15Br2N. The number of rotatable bonds is 5. The quantitative estimate of drug-likeness (QED) is 0.735. The summed E-state index contributed by atoms with van der Waals surface area (Å²) in [6.45, 7) is 2.21. The van der Waals surface area contributed by atoms with E-state index < -0.39 is 0 Å². The average Bonchev–Trinajstić information content (AvgIpc) is 2.21.